The number of hydrogen-bond donors (Lipinski definition) is 1. The molecule has 2 rings (SSSR count). The van der Waals surface area contributed by atoms with Crippen molar-refractivity contribution in [1.29, 1.82) is 0 Å². The number of pyridine rings is 1. The van der Waals surface area contributed by atoms with Crippen molar-refractivity contribution in [2.45, 2.75) is 6.54 Å². The molecule has 88 valence electrons. The van der Waals surface area contributed by atoms with Crippen molar-refractivity contribution in [2.75, 3.05) is 12.4 Å². The summed E-state index contributed by atoms with van der Waals surface area (Å²) >= 11 is 3.35. The van der Waals surface area contributed by atoms with E-state index in [-0.39, 0.29) is 0 Å². The van der Waals surface area contributed by atoms with Crippen LogP contribution in [0.3, 0.4) is 0 Å². The zero-order chi connectivity index (χ0) is 12.1. The second kappa shape index (κ2) is 5.68. The van der Waals surface area contributed by atoms with Crippen LogP contribution in [0.15, 0.2) is 47.1 Å². The highest BCUT2D eigenvalue weighted by atomic mass is 79.9. The highest BCUT2D eigenvalue weighted by Crippen LogP contribution is 2.17. The number of methoxy groups -OCH3 is 1. The van der Waals surface area contributed by atoms with Gasteiger partial charge in [-0.15, -0.1) is 0 Å². The number of hydrogen-bond acceptors (Lipinski definition) is 3. The lowest BCUT2D eigenvalue weighted by atomic mass is 10.3. The first-order valence-electron chi connectivity index (χ1n) is 5.27. The number of rotatable bonds is 4. The van der Waals surface area contributed by atoms with Gasteiger partial charge in [-0.3, -0.25) is 0 Å². The molecular weight excluding hydrogens is 280 g/mol. The monoisotopic (exact) mass is 292 g/mol. The molecule has 0 spiro atoms. The Morgan fingerprint density at radius 2 is 2.06 bits per heavy atom. The van der Waals surface area contributed by atoms with E-state index >= 15 is 0 Å². The summed E-state index contributed by atoms with van der Waals surface area (Å²) < 4.78 is 6.01. The molecule has 0 bridgehead atoms. The fraction of sp³-hybridized carbons (Fsp3) is 0.154. The third-order valence-corrected chi connectivity index (χ3v) is 2.76. The summed E-state index contributed by atoms with van der Waals surface area (Å²) in [6.45, 7) is 0.687. The van der Waals surface area contributed by atoms with Crippen LogP contribution >= 0.6 is 15.9 Å². The molecule has 0 amide bonds. The Balaban J connectivity index is 2.02. The van der Waals surface area contributed by atoms with Crippen molar-refractivity contribution < 1.29 is 4.74 Å². The maximum atomic E-state index is 5.16. The third-order valence-electron chi connectivity index (χ3n) is 2.32. The van der Waals surface area contributed by atoms with Gasteiger partial charge in [-0.1, -0.05) is 12.1 Å². The van der Waals surface area contributed by atoms with Crippen molar-refractivity contribution in [2.24, 2.45) is 0 Å². The van der Waals surface area contributed by atoms with E-state index in [4.69, 9.17) is 4.74 Å². The molecule has 0 aliphatic heterocycles. The van der Waals surface area contributed by atoms with Crippen LogP contribution in [0, 0.1) is 0 Å². The number of nitrogens with one attached hydrogen (secondary N) is 1. The Morgan fingerprint density at radius 1 is 1.24 bits per heavy atom. The molecule has 4 heteroatoms. The van der Waals surface area contributed by atoms with Gasteiger partial charge in [-0.05, 0) is 40.2 Å². The van der Waals surface area contributed by atoms with E-state index in [1.807, 2.05) is 42.5 Å². The lowest BCUT2D eigenvalue weighted by molar-refractivity contribution is 0.415. The van der Waals surface area contributed by atoms with Gasteiger partial charge in [0.15, 0.2) is 0 Å². The maximum Gasteiger partial charge on any atom is 0.120 e. The Bertz CT molecular complexity index is 502. The van der Waals surface area contributed by atoms with E-state index in [0.29, 0.717) is 6.54 Å². The number of ether oxygens (including phenoxy) is 1. The predicted molar refractivity (Wildman–Crippen MR) is 72.3 cm³/mol. The van der Waals surface area contributed by atoms with Crippen molar-refractivity contribution in [3.05, 3.63) is 52.8 Å². The molecule has 0 atom stereocenters. The highest BCUT2D eigenvalue weighted by molar-refractivity contribution is 9.10. The molecule has 0 aliphatic rings. The van der Waals surface area contributed by atoms with E-state index in [1.54, 1.807) is 7.11 Å². The van der Waals surface area contributed by atoms with E-state index < -0.39 is 0 Å². The molecule has 0 fully saturated rings. The summed E-state index contributed by atoms with van der Waals surface area (Å²) in [7, 11) is 1.66. The molecule has 17 heavy (non-hydrogen) atoms. The molecule has 0 saturated heterocycles. The van der Waals surface area contributed by atoms with Crippen LogP contribution in [0.2, 0.25) is 0 Å². The van der Waals surface area contributed by atoms with Crippen molar-refractivity contribution >= 4 is 21.6 Å². The predicted octanol–water partition coefficient (Wildman–Crippen LogP) is 3.46. The van der Waals surface area contributed by atoms with Crippen molar-refractivity contribution in [3.63, 3.8) is 0 Å². The first-order chi connectivity index (χ1) is 8.28. The molecule has 3 nitrogen and oxygen atoms in total. The van der Waals surface area contributed by atoms with Crippen LogP contribution < -0.4 is 10.1 Å². The lowest BCUT2D eigenvalue weighted by Gasteiger charge is -2.07. The number of anilines is 1. The Labute approximate surface area is 109 Å². The van der Waals surface area contributed by atoms with Crippen LogP contribution in [0.1, 0.15) is 5.69 Å². The molecule has 2 aromatic rings. The van der Waals surface area contributed by atoms with Gasteiger partial charge in [0, 0.05) is 11.8 Å². The number of aromatic nitrogens is 1. The fourth-order valence-electron chi connectivity index (χ4n) is 1.47. The zero-order valence-corrected chi connectivity index (χ0v) is 11.1. The van der Waals surface area contributed by atoms with E-state index in [1.165, 1.54) is 0 Å². The van der Waals surface area contributed by atoms with Gasteiger partial charge >= 0.3 is 0 Å². The summed E-state index contributed by atoms with van der Waals surface area (Å²) in [4.78, 5) is 4.35. The SMILES string of the molecule is COc1cccc(NCc2cccc(Br)n2)c1. The van der Waals surface area contributed by atoms with Crippen LogP contribution in [0.5, 0.6) is 5.75 Å². The van der Waals surface area contributed by atoms with Crippen molar-refractivity contribution in [3.8, 4) is 5.75 Å². The number of halogens is 1. The molecule has 1 aromatic carbocycles. The molecule has 0 unspecified atom stereocenters. The van der Waals surface area contributed by atoms with E-state index in [0.717, 1.165) is 21.7 Å². The molecular formula is C13H13BrN2O. The minimum atomic E-state index is 0.687. The van der Waals surface area contributed by atoms with Gasteiger partial charge in [-0.25, -0.2) is 4.98 Å². The quantitative estimate of drug-likeness (QED) is 0.877. The largest absolute Gasteiger partial charge is 0.497 e. The Hall–Kier alpha value is -1.55. The fourth-order valence-corrected chi connectivity index (χ4v) is 1.85. The van der Waals surface area contributed by atoms with Crippen LogP contribution in [-0.4, -0.2) is 12.1 Å². The van der Waals surface area contributed by atoms with Crippen LogP contribution in [0.4, 0.5) is 5.69 Å². The van der Waals surface area contributed by atoms with Gasteiger partial charge in [0.1, 0.15) is 10.4 Å². The topological polar surface area (TPSA) is 34.1 Å². The van der Waals surface area contributed by atoms with Crippen LogP contribution in [0.25, 0.3) is 0 Å². The van der Waals surface area contributed by atoms with Crippen LogP contribution in [-0.2, 0) is 6.54 Å². The lowest BCUT2D eigenvalue weighted by Crippen LogP contribution is -2.01. The second-order valence-corrected chi connectivity index (χ2v) is 4.35. The second-order valence-electron chi connectivity index (χ2n) is 3.54. The first-order valence-corrected chi connectivity index (χ1v) is 6.06. The Kier molecular flexibility index (Phi) is 3.98. The standard InChI is InChI=1S/C13H13BrN2O/c1-17-12-6-2-4-10(8-12)15-9-11-5-3-7-13(14)16-11/h2-8,15H,9H2,1H3. The molecule has 0 aliphatic carbocycles. The summed E-state index contributed by atoms with van der Waals surface area (Å²) in [5.74, 6) is 0.845. The third kappa shape index (κ3) is 3.46. The molecule has 0 radical (unpaired) electrons. The summed E-state index contributed by atoms with van der Waals surface area (Å²) in [5, 5.41) is 3.30. The minimum Gasteiger partial charge on any atom is -0.497 e. The van der Waals surface area contributed by atoms with E-state index in [2.05, 4.69) is 26.2 Å². The van der Waals surface area contributed by atoms with Gasteiger partial charge in [0.05, 0.1) is 19.3 Å². The average Bonchev–Trinajstić information content (AvgIpc) is 2.37. The molecule has 1 N–H and O–H groups in total. The number of nitrogens with zero attached hydrogens (tertiary/aromatic N) is 1. The van der Waals surface area contributed by atoms with Gasteiger partial charge in [0.25, 0.3) is 0 Å². The summed E-state index contributed by atoms with van der Waals surface area (Å²) in [5.41, 5.74) is 2.01. The van der Waals surface area contributed by atoms with Crippen molar-refractivity contribution in [1.82, 2.24) is 4.98 Å². The minimum absolute atomic E-state index is 0.687. The van der Waals surface area contributed by atoms with E-state index in [9.17, 15) is 0 Å². The highest BCUT2D eigenvalue weighted by Gasteiger charge is 1.97. The number of benzene rings is 1. The first kappa shape index (κ1) is 11.9. The zero-order valence-electron chi connectivity index (χ0n) is 9.48. The Morgan fingerprint density at radius 3 is 2.82 bits per heavy atom. The van der Waals surface area contributed by atoms with Gasteiger partial charge in [-0.2, -0.15) is 0 Å². The molecule has 1 heterocycles. The maximum absolute atomic E-state index is 5.16. The average molecular weight is 293 g/mol. The molecule has 0 saturated carbocycles. The van der Waals surface area contributed by atoms with Gasteiger partial charge < -0.3 is 10.1 Å². The molecule has 1 aromatic heterocycles. The smallest absolute Gasteiger partial charge is 0.120 e. The summed E-state index contributed by atoms with van der Waals surface area (Å²) in [6.07, 6.45) is 0. The normalized spacial score (nSPS) is 10.0. The van der Waals surface area contributed by atoms with Gasteiger partial charge in [0.2, 0.25) is 0 Å². The summed E-state index contributed by atoms with van der Waals surface area (Å²) in [6, 6.07) is 13.7.